The van der Waals surface area contributed by atoms with Crippen LogP contribution in [-0.4, -0.2) is 29.1 Å². The van der Waals surface area contributed by atoms with Crippen LogP contribution in [0.4, 0.5) is 18.9 Å². The van der Waals surface area contributed by atoms with Gasteiger partial charge in [-0.2, -0.15) is 13.2 Å². The molecule has 0 fully saturated rings. The van der Waals surface area contributed by atoms with Crippen molar-refractivity contribution < 1.29 is 22.8 Å². The number of hydrogen-bond donors (Lipinski definition) is 1. The molecule has 1 heterocycles. The highest BCUT2D eigenvalue weighted by atomic mass is 32.2. The Morgan fingerprint density at radius 3 is 2.35 bits per heavy atom. The second-order valence-corrected chi connectivity index (χ2v) is 6.26. The lowest BCUT2D eigenvalue weighted by Gasteiger charge is -2.22. The van der Waals surface area contributed by atoms with Gasteiger partial charge in [-0.1, -0.05) is 30.0 Å². The Kier molecular flexibility index (Phi) is 6.62. The number of alkyl halides is 3. The SMILES string of the molecule is NC(=O)CCN(C(=O)CSc1ccc(C(F)(F)F)cn1)c1ccccc1. The summed E-state index contributed by atoms with van der Waals surface area (Å²) in [7, 11) is 0. The number of hydrogen-bond acceptors (Lipinski definition) is 4. The van der Waals surface area contributed by atoms with Crippen LogP contribution in [0.5, 0.6) is 0 Å². The number of nitrogens with zero attached hydrogens (tertiary/aromatic N) is 2. The second kappa shape index (κ2) is 8.70. The van der Waals surface area contributed by atoms with Gasteiger partial charge in [-0.05, 0) is 24.3 Å². The van der Waals surface area contributed by atoms with Gasteiger partial charge in [-0.25, -0.2) is 4.98 Å². The van der Waals surface area contributed by atoms with Gasteiger partial charge in [0.05, 0.1) is 16.3 Å². The Hall–Kier alpha value is -2.55. The number of anilines is 1. The van der Waals surface area contributed by atoms with E-state index in [0.29, 0.717) is 10.7 Å². The van der Waals surface area contributed by atoms with Gasteiger partial charge < -0.3 is 10.6 Å². The van der Waals surface area contributed by atoms with Crippen molar-refractivity contribution in [3.05, 3.63) is 54.2 Å². The highest BCUT2D eigenvalue weighted by molar-refractivity contribution is 7.99. The lowest BCUT2D eigenvalue weighted by Crippen LogP contribution is -2.35. The van der Waals surface area contributed by atoms with Gasteiger partial charge in [-0.3, -0.25) is 9.59 Å². The standard InChI is InChI=1S/C17H16F3N3O2S/c18-17(19,20)12-6-7-15(22-10-12)26-11-16(25)23(9-8-14(21)24)13-4-2-1-3-5-13/h1-7,10H,8-9,11H2,(H2,21,24). The molecule has 2 amide bonds. The third-order valence-corrected chi connectivity index (χ3v) is 4.29. The highest BCUT2D eigenvalue weighted by Crippen LogP contribution is 2.29. The zero-order valence-corrected chi connectivity index (χ0v) is 14.4. The molecule has 0 radical (unpaired) electrons. The Morgan fingerprint density at radius 2 is 1.81 bits per heavy atom. The van der Waals surface area contributed by atoms with Crippen molar-refractivity contribution in [2.45, 2.75) is 17.6 Å². The second-order valence-electron chi connectivity index (χ2n) is 5.27. The van der Waals surface area contributed by atoms with Gasteiger partial charge in [0.15, 0.2) is 0 Å². The fraction of sp³-hybridized carbons (Fsp3) is 0.235. The normalized spacial score (nSPS) is 11.2. The molecule has 0 saturated heterocycles. The zero-order valence-electron chi connectivity index (χ0n) is 13.6. The largest absolute Gasteiger partial charge is 0.417 e. The number of nitrogens with two attached hydrogens (primary N) is 1. The summed E-state index contributed by atoms with van der Waals surface area (Å²) in [5, 5.41) is 0.300. The number of amides is 2. The van der Waals surface area contributed by atoms with Crippen molar-refractivity contribution in [1.82, 2.24) is 4.98 Å². The monoisotopic (exact) mass is 383 g/mol. The summed E-state index contributed by atoms with van der Waals surface area (Å²) in [6.07, 6.45) is -3.72. The van der Waals surface area contributed by atoms with Crippen LogP contribution in [0.1, 0.15) is 12.0 Å². The molecular weight excluding hydrogens is 367 g/mol. The molecule has 2 aromatic rings. The zero-order chi connectivity index (χ0) is 19.2. The van der Waals surface area contributed by atoms with Crippen LogP contribution < -0.4 is 10.6 Å². The van der Waals surface area contributed by atoms with Gasteiger partial charge in [0.25, 0.3) is 0 Å². The number of pyridine rings is 1. The van der Waals surface area contributed by atoms with Crippen LogP contribution in [0.2, 0.25) is 0 Å². The van der Waals surface area contributed by atoms with E-state index in [1.807, 2.05) is 0 Å². The number of para-hydroxylation sites is 1. The highest BCUT2D eigenvalue weighted by Gasteiger charge is 2.30. The van der Waals surface area contributed by atoms with E-state index in [1.165, 1.54) is 11.0 Å². The summed E-state index contributed by atoms with van der Waals surface area (Å²) >= 11 is 1.02. The topological polar surface area (TPSA) is 76.3 Å². The average Bonchev–Trinajstić information content (AvgIpc) is 2.60. The van der Waals surface area contributed by atoms with Crippen molar-refractivity contribution in [3.8, 4) is 0 Å². The quantitative estimate of drug-likeness (QED) is 0.746. The van der Waals surface area contributed by atoms with Gasteiger partial charge >= 0.3 is 6.18 Å². The van der Waals surface area contributed by atoms with Gasteiger partial charge in [0, 0.05) is 24.8 Å². The fourth-order valence-corrected chi connectivity index (χ4v) is 2.79. The Bertz CT molecular complexity index is 752. The molecule has 26 heavy (non-hydrogen) atoms. The minimum atomic E-state index is -4.45. The summed E-state index contributed by atoms with van der Waals surface area (Å²) in [6.45, 7) is 0.124. The fourth-order valence-electron chi connectivity index (χ4n) is 2.07. The molecule has 0 unspecified atom stereocenters. The van der Waals surface area contributed by atoms with Gasteiger partial charge in [0.1, 0.15) is 0 Å². The molecule has 2 rings (SSSR count). The van der Waals surface area contributed by atoms with Crippen LogP contribution in [0, 0.1) is 0 Å². The number of carbonyl (C=O) groups excluding carboxylic acids is 2. The first kappa shape index (κ1) is 19.8. The first-order valence-corrected chi connectivity index (χ1v) is 8.55. The Morgan fingerprint density at radius 1 is 1.12 bits per heavy atom. The van der Waals surface area contributed by atoms with Crippen molar-refractivity contribution in [3.63, 3.8) is 0 Å². The summed E-state index contributed by atoms with van der Waals surface area (Å²) in [5.74, 6) is -0.869. The van der Waals surface area contributed by atoms with E-state index in [1.54, 1.807) is 30.3 Å². The number of thioether (sulfide) groups is 1. The van der Waals surface area contributed by atoms with Crippen LogP contribution in [0.25, 0.3) is 0 Å². The first-order valence-electron chi connectivity index (χ1n) is 7.57. The molecule has 0 aliphatic rings. The van der Waals surface area contributed by atoms with E-state index in [9.17, 15) is 22.8 Å². The summed E-state index contributed by atoms with van der Waals surface area (Å²) in [5.41, 5.74) is 4.91. The molecule has 138 valence electrons. The Labute approximate surface area is 152 Å². The lowest BCUT2D eigenvalue weighted by molar-refractivity contribution is -0.138. The molecule has 0 aliphatic carbocycles. The molecule has 0 bridgehead atoms. The minimum Gasteiger partial charge on any atom is -0.370 e. The molecule has 0 atom stereocenters. The molecule has 9 heteroatoms. The lowest BCUT2D eigenvalue weighted by atomic mass is 10.2. The van der Waals surface area contributed by atoms with Crippen molar-refractivity contribution in [1.29, 1.82) is 0 Å². The number of carbonyl (C=O) groups is 2. The number of primary amides is 1. The summed E-state index contributed by atoms with van der Waals surface area (Å²) < 4.78 is 37.6. The van der Waals surface area contributed by atoms with Crippen LogP contribution in [-0.2, 0) is 15.8 Å². The maximum atomic E-state index is 12.5. The molecule has 2 N–H and O–H groups in total. The van der Waals surface area contributed by atoms with Crippen molar-refractivity contribution in [2.24, 2.45) is 5.73 Å². The van der Waals surface area contributed by atoms with Crippen molar-refractivity contribution in [2.75, 3.05) is 17.2 Å². The van der Waals surface area contributed by atoms with Crippen LogP contribution >= 0.6 is 11.8 Å². The molecular formula is C17H16F3N3O2S. The van der Waals surface area contributed by atoms with E-state index in [2.05, 4.69) is 4.98 Å². The number of rotatable bonds is 7. The predicted molar refractivity (Wildman–Crippen MR) is 92.6 cm³/mol. The third-order valence-electron chi connectivity index (χ3n) is 3.36. The van der Waals surface area contributed by atoms with Gasteiger partial charge in [-0.15, -0.1) is 0 Å². The van der Waals surface area contributed by atoms with E-state index in [-0.39, 0.29) is 24.6 Å². The predicted octanol–water partition coefficient (Wildman–Crippen LogP) is 3.10. The smallest absolute Gasteiger partial charge is 0.370 e. The minimum absolute atomic E-state index is 0.00380. The van der Waals surface area contributed by atoms with Crippen LogP contribution in [0.3, 0.4) is 0 Å². The maximum absolute atomic E-state index is 12.5. The van der Waals surface area contributed by atoms with E-state index >= 15 is 0 Å². The molecule has 1 aromatic heterocycles. The molecule has 0 spiro atoms. The number of aromatic nitrogens is 1. The van der Waals surface area contributed by atoms with E-state index in [4.69, 9.17) is 5.73 Å². The molecule has 1 aromatic carbocycles. The summed E-state index contributed by atoms with van der Waals surface area (Å²) in [6, 6.07) is 10.9. The molecule has 0 aliphatic heterocycles. The Balaban J connectivity index is 2.03. The van der Waals surface area contributed by atoms with Gasteiger partial charge in [0.2, 0.25) is 11.8 Å². The van der Waals surface area contributed by atoms with Crippen molar-refractivity contribution >= 4 is 29.3 Å². The number of benzene rings is 1. The number of halogens is 3. The van der Waals surface area contributed by atoms with E-state index in [0.717, 1.165) is 24.0 Å². The third kappa shape index (κ3) is 5.76. The summed E-state index contributed by atoms with van der Waals surface area (Å²) in [4.78, 5) is 28.7. The van der Waals surface area contributed by atoms with E-state index < -0.39 is 17.6 Å². The molecule has 0 saturated carbocycles. The average molecular weight is 383 g/mol. The first-order chi connectivity index (χ1) is 12.3. The van der Waals surface area contributed by atoms with Crippen LogP contribution in [0.15, 0.2) is 53.7 Å². The molecule has 5 nitrogen and oxygen atoms in total. The maximum Gasteiger partial charge on any atom is 0.417 e.